The number of aryl methyl sites for hydroxylation is 2. The van der Waals surface area contributed by atoms with E-state index in [1.165, 1.54) is 0 Å². The van der Waals surface area contributed by atoms with Crippen molar-refractivity contribution in [2.24, 2.45) is 0 Å². The van der Waals surface area contributed by atoms with Crippen LogP contribution in [0.3, 0.4) is 0 Å². The van der Waals surface area contributed by atoms with Gasteiger partial charge in [-0.1, -0.05) is 6.92 Å². The number of hydrogen-bond acceptors (Lipinski definition) is 5. The summed E-state index contributed by atoms with van der Waals surface area (Å²) >= 11 is 0. The monoisotopic (exact) mass is 219 g/mol. The SMILES string of the molecule is C=O.CCc1nnc(-c2ccc(C)nc2)o1. The zero-order valence-corrected chi connectivity index (χ0v) is 9.30. The standard InChI is InChI=1S/C10H11N3O.CH2O/c1-3-9-12-13-10(14-9)8-5-4-7(2)11-6-8;1-2/h4-6H,3H2,1-2H3;1H2. The minimum Gasteiger partial charge on any atom is -0.421 e. The maximum atomic E-state index is 8.00. The van der Waals surface area contributed by atoms with Crippen LogP contribution >= 0.6 is 0 Å². The summed E-state index contributed by atoms with van der Waals surface area (Å²) in [5, 5.41) is 7.82. The van der Waals surface area contributed by atoms with E-state index in [0.717, 1.165) is 17.7 Å². The van der Waals surface area contributed by atoms with Gasteiger partial charge in [-0.15, -0.1) is 10.2 Å². The molecule has 0 saturated carbocycles. The highest BCUT2D eigenvalue weighted by atomic mass is 16.4. The second-order valence-electron chi connectivity index (χ2n) is 3.04. The molecule has 84 valence electrons. The molecular formula is C11H13N3O2. The van der Waals surface area contributed by atoms with E-state index in [4.69, 9.17) is 9.21 Å². The van der Waals surface area contributed by atoms with Crippen molar-refractivity contribution in [3.63, 3.8) is 0 Å². The van der Waals surface area contributed by atoms with Gasteiger partial charge in [0.15, 0.2) is 0 Å². The first kappa shape index (κ1) is 12.0. The molecule has 0 bridgehead atoms. The molecule has 0 spiro atoms. The Morgan fingerprint density at radius 2 is 2.06 bits per heavy atom. The molecule has 0 N–H and O–H groups in total. The normalized spacial score (nSPS) is 9.38. The summed E-state index contributed by atoms with van der Waals surface area (Å²) in [7, 11) is 0. The Morgan fingerprint density at radius 3 is 2.56 bits per heavy atom. The first-order chi connectivity index (χ1) is 7.79. The third-order valence-corrected chi connectivity index (χ3v) is 1.93. The van der Waals surface area contributed by atoms with Gasteiger partial charge in [0.2, 0.25) is 11.8 Å². The fourth-order valence-electron chi connectivity index (χ4n) is 1.11. The van der Waals surface area contributed by atoms with E-state index in [0.29, 0.717) is 11.8 Å². The highest BCUT2D eigenvalue weighted by molar-refractivity contribution is 5.50. The number of nitrogens with zero attached hydrogens (tertiary/aromatic N) is 3. The molecule has 2 aromatic heterocycles. The van der Waals surface area contributed by atoms with Gasteiger partial charge in [0.1, 0.15) is 6.79 Å². The maximum Gasteiger partial charge on any atom is 0.249 e. The second kappa shape index (κ2) is 5.75. The second-order valence-corrected chi connectivity index (χ2v) is 3.04. The van der Waals surface area contributed by atoms with Crippen LogP contribution < -0.4 is 0 Å². The number of rotatable bonds is 2. The molecule has 0 aromatic carbocycles. The van der Waals surface area contributed by atoms with Crippen LogP contribution in [0.2, 0.25) is 0 Å². The molecule has 0 radical (unpaired) electrons. The van der Waals surface area contributed by atoms with E-state index in [1.54, 1.807) is 6.20 Å². The lowest BCUT2D eigenvalue weighted by Gasteiger charge is -1.93. The highest BCUT2D eigenvalue weighted by Crippen LogP contribution is 2.16. The number of carbonyl (C=O) groups excluding carboxylic acids is 1. The average molecular weight is 219 g/mol. The predicted molar refractivity (Wildman–Crippen MR) is 58.8 cm³/mol. The van der Waals surface area contributed by atoms with E-state index in [2.05, 4.69) is 15.2 Å². The van der Waals surface area contributed by atoms with Gasteiger partial charge in [-0.3, -0.25) is 4.98 Å². The maximum absolute atomic E-state index is 8.00. The quantitative estimate of drug-likeness (QED) is 0.770. The minimum absolute atomic E-state index is 0.536. The molecule has 2 rings (SSSR count). The molecule has 0 fully saturated rings. The van der Waals surface area contributed by atoms with Crippen molar-refractivity contribution in [3.05, 3.63) is 29.9 Å². The average Bonchev–Trinajstić information content (AvgIpc) is 2.81. The fraction of sp³-hybridized carbons (Fsp3) is 0.273. The molecule has 0 unspecified atom stereocenters. The van der Waals surface area contributed by atoms with Crippen molar-refractivity contribution in [2.75, 3.05) is 0 Å². The Kier molecular flexibility index (Phi) is 4.32. The first-order valence-electron chi connectivity index (χ1n) is 4.84. The van der Waals surface area contributed by atoms with Crippen molar-refractivity contribution in [1.29, 1.82) is 0 Å². The third kappa shape index (κ3) is 2.73. The lowest BCUT2D eigenvalue weighted by molar-refractivity contribution is -0.0979. The van der Waals surface area contributed by atoms with Crippen LogP contribution in [0.4, 0.5) is 0 Å². The van der Waals surface area contributed by atoms with E-state index in [1.807, 2.05) is 32.8 Å². The molecule has 0 aliphatic rings. The summed E-state index contributed by atoms with van der Waals surface area (Å²) in [4.78, 5) is 12.2. The van der Waals surface area contributed by atoms with Crippen molar-refractivity contribution >= 4 is 6.79 Å². The van der Waals surface area contributed by atoms with E-state index >= 15 is 0 Å². The molecule has 5 heteroatoms. The van der Waals surface area contributed by atoms with Gasteiger partial charge in [0, 0.05) is 18.3 Å². The predicted octanol–water partition coefficient (Wildman–Crippen LogP) is 1.82. The lowest BCUT2D eigenvalue weighted by atomic mass is 10.2. The van der Waals surface area contributed by atoms with E-state index < -0.39 is 0 Å². The van der Waals surface area contributed by atoms with Gasteiger partial charge in [0.05, 0.1) is 5.56 Å². The van der Waals surface area contributed by atoms with Gasteiger partial charge in [-0.2, -0.15) is 0 Å². The molecule has 5 nitrogen and oxygen atoms in total. The number of hydrogen-bond donors (Lipinski definition) is 0. The van der Waals surface area contributed by atoms with Gasteiger partial charge >= 0.3 is 0 Å². The fourth-order valence-corrected chi connectivity index (χ4v) is 1.11. The van der Waals surface area contributed by atoms with Crippen molar-refractivity contribution in [3.8, 4) is 11.5 Å². The van der Waals surface area contributed by atoms with Gasteiger partial charge < -0.3 is 9.21 Å². The molecule has 0 atom stereocenters. The van der Waals surface area contributed by atoms with Crippen molar-refractivity contribution in [1.82, 2.24) is 15.2 Å². The van der Waals surface area contributed by atoms with Crippen LogP contribution in [0, 0.1) is 6.92 Å². The van der Waals surface area contributed by atoms with Crippen LogP contribution in [-0.2, 0) is 11.2 Å². The van der Waals surface area contributed by atoms with Crippen molar-refractivity contribution < 1.29 is 9.21 Å². The smallest absolute Gasteiger partial charge is 0.249 e. The summed E-state index contributed by atoms with van der Waals surface area (Å²) in [5.74, 6) is 1.19. The lowest BCUT2D eigenvalue weighted by Crippen LogP contribution is -1.82. The van der Waals surface area contributed by atoms with Crippen LogP contribution in [0.25, 0.3) is 11.5 Å². The zero-order valence-electron chi connectivity index (χ0n) is 9.30. The molecule has 16 heavy (non-hydrogen) atoms. The van der Waals surface area contributed by atoms with Gasteiger partial charge in [-0.05, 0) is 19.1 Å². The molecule has 0 amide bonds. The Morgan fingerprint density at radius 1 is 1.31 bits per heavy atom. The number of carbonyl (C=O) groups is 1. The van der Waals surface area contributed by atoms with Gasteiger partial charge in [-0.25, -0.2) is 0 Å². The van der Waals surface area contributed by atoms with Crippen LogP contribution in [0.1, 0.15) is 18.5 Å². The molecule has 2 heterocycles. The highest BCUT2D eigenvalue weighted by Gasteiger charge is 2.06. The van der Waals surface area contributed by atoms with E-state index in [9.17, 15) is 0 Å². The first-order valence-corrected chi connectivity index (χ1v) is 4.84. The largest absolute Gasteiger partial charge is 0.421 e. The number of pyridine rings is 1. The van der Waals surface area contributed by atoms with Crippen LogP contribution in [-0.4, -0.2) is 22.0 Å². The Bertz CT molecular complexity index is 437. The Labute approximate surface area is 93.5 Å². The topological polar surface area (TPSA) is 68.9 Å². The number of aromatic nitrogens is 3. The summed E-state index contributed by atoms with van der Waals surface area (Å²) in [6, 6.07) is 3.85. The zero-order chi connectivity index (χ0) is 12.0. The van der Waals surface area contributed by atoms with Crippen molar-refractivity contribution in [2.45, 2.75) is 20.3 Å². The summed E-state index contributed by atoms with van der Waals surface area (Å²) in [5.41, 5.74) is 1.84. The van der Waals surface area contributed by atoms with Crippen LogP contribution in [0.5, 0.6) is 0 Å². The Hall–Kier alpha value is -2.04. The summed E-state index contributed by atoms with van der Waals surface area (Å²) in [6.07, 6.45) is 2.49. The molecule has 0 aliphatic heterocycles. The van der Waals surface area contributed by atoms with Crippen LogP contribution in [0.15, 0.2) is 22.7 Å². The molecule has 0 aliphatic carbocycles. The third-order valence-electron chi connectivity index (χ3n) is 1.93. The van der Waals surface area contributed by atoms with Gasteiger partial charge in [0.25, 0.3) is 0 Å². The summed E-state index contributed by atoms with van der Waals surface area (Å²) < 4.78 is 5.40. The molecule has 2 aromatic rings. The minimum atomic E-state index is 0.536. The van der Waals surface area contributed by atoms with E-state index in [-0.39, 0.29) is 0 Å². The molecule has 0 saturated heterocycles. The summed E-state index contributed by atoms with van der Waals surface area (Å²) in [6.45, 7) is 5.92. The Balaban J connectivity index is 0.000000606. The molecular weight excluding hydrogens is 206 g/mol.